The second-order valence-corrected chi connectivity index (χ2v) is 15.7. The van der Waals surface area contributed by atoms with Crippen molar-refractivity contribution in [2.45, 2.75) is 111 Å². The van der Waals surface area contributed by atoms with Crippen LogP contribution >= 0.6 is 0 Å². The molecule has 0 aromatic heterocycles. The van der Waals surface area contributed by atoms with Gasteiger partial charge in [-0.15, -0.1) is 4.28 Å². The smallest absolute Gasteiger partial charge is 0.421 e. The summed E-state index contributed by atoms with van der Waals surface area (Å²) in [5, 5.41) is 6.06. The lowest BCUT2D eigenvalue weighted by Gasteiger charge is -2.34. The standard InChI is InChI=1S/C31H51N5O14S/c1-9-45-26(39)31(7,8)17-48-51(43,44)50-36-21-10-11-22(35(16-21)28(36)41)24(37)32-20-12-14-34(15-13-20)29(42)47-18-46-25(38)23(19(2)3)33-27(40)49-30(4,5)6/h19-23H,9-18H2,1-8H3,(H,32,37)(H,33,40)/t21?,22-,23-/m0/s1. The van der Waals surface area contributed by atoms with Crippen LogP contribution in [0.1, 0.15) is 81.1 Å². The Hall–Kier alpha value is -3.91. The van der Waals surface area contributed by atoms with Crippen LogP contribution in [0.3, 0.4) is 0 Å². The number of carbonyl (C=O) groups is 6. The number of rotatable bonds is 14. The Kier molecular flexibility index (Phi) is 13.9. The van der Waals surface area contributed by atoms with Crippen molar-refractivity contribution in [3.8, 4) is 0 Å². The van der Waals surface area contributed by atoms with Crippen LogP contribution in [0, 0.1) is 11.3 Å². The molecule has 3 aliphatic rings. The lowest BCUT2D eigenvalue weighted by Crippen LogP contribution is -2.54. The molecule has 51 heavy (non-hydrogen) atoms. The molecule has 0 spiro atoms. The molecule has 3 saturated heterocycles. The van der Waals surface area contributed by atoms with Gasteiger partial charge in [-0.2, -0.15) is 13.5 Å². The number of hydrogen-bond acceptors (Lipinski definition) is 14. The van der Waals surface area contributed by atoms with Crippen molar-refractivity contribution in [3.63, 3.8) is 0 Å². The van der Waals surface area contributed by atoms with Crippen LogP contribution in [0.2, 0.25) is 0 Å². The van der Waals surface area contributed by atoms with E-state index < -0.39 is 89.0 Å². The van der Waals surface area contributed by atoms with Gasteiger partial charge in [0.15, 0.2) is 0 Å². The Morgan fingerprint density at radius 3 is 2.18 bits per heavy atom. The van der Waals surface area contributed by atoms with Crippen LogP contribution < -0.4 is 10.6 Å². The minimum Gasteiger partial charge on any atom is -0.466 e. The highest BCUT2D eigenvalue weighted by Crippen LogP contribution is 2.32. The Bertz CT molecular complexity index is 1410. The van der Waals surface area contributed by atoms with Crippen molar-refractivity contribution in [2.24, 2.45) is 11.3 Å². The maximum absolute atomic E-state index is 13.2. The molecule has 1 unspecified atom stereocenters. The third kappa shape index (κ3) is 11.8. The monoisotopic (exact) mass is 749 g/mol. The van der Waals surface area contributed by atoms with Crippen molar-refractivity contribution < 1.29 is 64.6 Å². The van der Waals surface area contributed by atoms with E-state index in [2.05, 4.69) is 10.6 Å². The molecule has 290 valence electrons. The van der Waals surface area contributed by atoms with E-state index in [0.717, 1.165) is 0 Å². The van der Waals surface area contributed by atoms with Gasteiger partial charge < -0.3 is 39.4 Å². The Labute approximate surface area is 298 Å². The zero-order valence-electron chi connectivity index (χ0n) is 30.4. The van der Waals surface area contributed by atoms with Gasteiger partial charge in [-0.1, -0.05) is 13.8 Å². The van der Waals surface area contributed by atoms with Gasteiger partial charge in [0, 0.05) is 25.7 Å². The first-order valence-electron chi connectivity index (χ1n) is 16.9. The van der Waals surface area contributed by atoms with Gasteiger partial charge in [-0.25, -0.2) is 23.4 Å². The first-order chi connectivity index (χ1) is 23.6. The van der Waals surface area contributed by atoms with E-state index >= 15 is 0 Å². The number of nitrogens with zero attached hydrogens (tertiary/aromatic N) is 3. The predicted molar refractivity (Wildman–Crippen MR) is 175 cm³/mol. The van der Waals surface area contributed by atoms with E-state index in [1.165, 1.54) is 23.6 Å². The summed E-state index contributed by atoms with van der Waals surface area (Å²) in [6.07, 6.45) is -0.204. The number of ether oxygens (including phenoxy) is 4. The van der Waals surface area contributed by atoms with E-state index in [0.29, 0.717) is 17.9 Å². The van der Waals surface area contributed by atoms with E-state index in [1.54, 1.807) is 41.5 Å². The largest absolute Gasteiger partial charge is 0.466 e. The molecular formula is C31H51N5O14S. The van der Waals surface area contributed by atoms with Crippen LogP contribution in [-0.2, 0) is 52.2 Å². The van der Waals surface area contributed by atoms with E-state index in [4.69, 9.17) is 27.4 Å². The third-order valence-corrected chi connectivity index (χ3v) is 9.01. The molecule has 3 atom stereocenters. The molecule has 3 fully saturated rings. The van der Waals surface area contributed by atoms with Crippen molar-refractivity contribution in [1.29, 1.82) is 0 Å². The molecule has 19 nitrogen and oxygen atoms in total. The lowest BCUT2D eigenvalue weighted by atomic mass is 9.95. The number of piperidine rings is 2. The number of likely N-dealkylation sites (tertiary alicyclic amines) is 1. The van der Waals surface area contributed by atoms with Crippen molar-refractivity contribution in [2.75, 3.05) is 39.6 Å². The fourth-order valence-corrected chi connectivity index (χ4v) is 6.35. The highest BCUT2D eigenvalue weighted by molar-refractivity contribution is 7.81. The highest BCUT2D eigenvalue weighted by atomic mass is 32.3. The van der Waals surface area contributed by atoms with Crippen molar-refractivity contribution in [3.05, 3.63) is 0 Å². The third-order valence-electron chi connectivity index (χ3n) is 8.27. The van der Waals surface area contributed by atoms with E-state index in [9.17, 15) is 37.2 Å². The Morgan fingerprint density at radius 2 is 1.59 bits per heavy atom. The Morgan fingerprint density at radius 1 is 0.941 bits per heavy atom. The lowest BCUT2D eigenvalue weighted by molar-refractivity contribution is -0.156. The maximum Gasteiger partial charge on any atom is 0.421 e. The molecule has 5 amide bonds. The quantitative estimate of drug-likeness (QED) is 0.147. The van der Waals surface area contributed by atoms with Gasteiger partial charge in [0.25, 0.3) is 0 Å². The van der Waals surface area contributed by atoms with E-state index in [-0.39, 0.29) is 51.0 Å². The Balaban J connectivity index is 1.42. The summed E-state index contributed by atoms with van der Waals surface area (Å²) in [5.41, 5.74) is -2.06. The zero-order valence-corrected chi connectivity index (χ0v) is 31.2. The van der Waals surface area contributed by atoms with Gasteiger partial charge in [0.05, 0.1) is 24.7 Å². The van der Waals surface area contributed by atoms with E-state index in [1.807, 2.05) is 0 Å². The summed E-state index contributed by atoms with van der Waals surface area (Å²) in [5.74, 6) is -2.22. The van der Waals surface area contributed by atoms with Crippen molar-refractivity contribution in [1.82, 2.24) is 25.5 Å². The summed E-state index contributed by atoms with van der Waals surface area (Å²) < 4.78 is 55.2. The number of amides is 5. The number of fused-ring (bicyclic) bond motifs is 2. The first-order valence-corrected chi connectivity index (χ1v) is 18.2. The second-order valence-electron chi connectivity index (χ2n) is 14.5. The zero-order chi connectivity index (χ0) is 38.3. The molecule has 20 heteroatoms. The molecule has 0 radical (unpaired) electrons. The topological polar surface area (TPSA) is 226 Å². The van der Waals surface area contributed by atoms with Gasteiger partial charge in [0.1, 0.15) is 17.7 Å². The number of esters is 2. The number of nitrogens with one attached hydrogen (secondary N) is 2. The second kappa shape index (κ2) is 17.1. The molecule has 3 aliphatic heterocycles. The minimum atomic E-state index is -4.74. The molecule has 0 aromatic carbocycles. The summed E-state index contributed by atoms with van der Waals surface area (Å²) in [4.78, 5) is 78.3. The molecule has 0 saturated carbocycles. The number of carbonyl (C=O) groups excluding carboxylic acids is 6. The normalized spacial score (nSPS) is 20.5. The van der Waals surface area contributed by atoms with Crippen LogP contribution in [0.25, 0.3) is 0 Å². The fourth-order valence-electron chi connectivity index (χ4n) is 5.48. The summed E-state index contributed by atoms with van der Waals surface area (Å²) in [7, 11) is -4.74. The van der Waals surface area contributed by atoms with Gasteiger partial charge >= 0.3 is 40.6 Å². The molecule has 3 heterocycles. The van der Waals surface area contributed by atoms with Gasteiger partial charge in [-0.05, 0) is 73.1 Å². The van der Waals surface area contributed by atoms with Crippen LogP contribution in [-0.4, -0.2) is 129 Å². The SMILES string of the molecule is CCOC(=O)C(C)(C)COS(=O)(=O)ON1C(=O)N2CC1CC[C@H]2C(=O)NC1CCN(C(=O)OCOC(=O)[C@@H](NC(=O)OC(C)(C)C)C(C)C)CC1. The summed E-state index contributed by atoms with van der Waals surface area (Å²) in [6.45, 7) is 12.4. The van der Waals surface area contributed by atoms with Crippen LogP contribution in [0.4, 0.5) is 14.4 Å². The van der Waals surface area contributed by atoms with Gasteiger partial charge in [-0.3, -0.25) is 9.59 Å². The molecule has 2 N–H and O–H groups in total. The number of alkyl carbamates (subject to hydrolysis) is 1. The predicted octanol–water partition coefficient (Wildman–Crippen LogP) is 1.80. The summed E-state index contributed by atoms with van der Waals surface area (Å²) >= 11 is 0. The first kappa shape index (κ1) is 41.5. The molecule has 0 aliphatic carbocycles. The number of hydrogen-bond donors (Lipinski definition) is 2. The molecular weight excluding hydrogens is 698 g/mol. The highest BCUT2D eigenvalue weighted by Gasteiger charge is 2.50. The number of urea groups is 1. The average molecular weight is 750 g/mol. The maximum atomic E-state index is 13.2. The molecule has 3 rings (SSSR count). The molecule has 0 aromatic rings. The minimum absolute atomic E-state index is 0.0601. The molecule has 2 bridgehead atoms. The van der Waals surface area contributed by atoms with Crippen molar-refractivity contribution >= 4 is 46.5 Å². The van der Waals surface area contributed by atoms with Gasteiger partial charge in [0.2, 0.25) is 12.7 Å². The number of hydroxylamine groups is 2. The fraction of sp³-hybridized carbons (Fsp3) is 0.806. The van der Waals surface area contributed by atoms with Crippen LogP contribution in [0.5, 0.6) is 0 Å². The summed E-state index contributed by atoms with van der Waals surface area (Å²) in [6, 6.07) is -3.66. The van der Waals surface area contributed by atoms with Crippen LogP contribution in [0.15, 0.2) is 0 Å². The average Bonchev–Trinajstić information content (AvgIpc) is 3.25.